The Hall–Kier alpha value is -1.13. The predicted molar refractivity (Wildman–Crippen MR) is 82.0 cm³/mol. The maximum absolute atomic E-state index is 13.9. The number of nitrogens with one attached hydrogen (secondary N) is 1. The largest absolute Gasteiger partial charge is 0.494 e. The second kappa shape index (κ2) is 7.23. The van der Waals surface area contributed by atoms with Crippen LogP contribution in [0.1, 0.15) is 51.0 Å². The fraction of sp³-hybridized carbons (Fsp3) is 0.647. The van der Waals surface area contributed by atoms with Crippen molar-refractivity contribution in [3.05, 3.63) is 29.6 Å². The van der Waals surface area contributed by atoms with Gasteiger partial charge in [0.05, 0.1) is 19.3 Å². The van der Waals surface area contributed by atoms with Crippen molar-refractivity contribution in [1.29, 1.82) is 0 Å². The van der Waals surface area contributed by atoms with Crippen LogP contribution >= 0.6 is 0 Å². The molecule has 0 aliphatic heterocycles. The van der Waals surface area contributed by atoms with Gasteiger partial charge in [-0.1, -0.05) is 31.7 Å². The summed E-state index contributed by atoms with van der Waals surface area (Å²) in [5.41, 5.74) is 0.134. The monoisotopic (exact) mass is 295 g/mol. The minimum atomic E-state index is -0.623. The maximum Gasteiger partial charge on any atom is 0.165 e. The summed E-state index contributed by atoms with van der Waals surface area (Å²) in [6.45, 7) is 1.87. The normalized spacial score (nSPS) is 19.8. The van der Waals surface area contributed by atoms with Gasteiger partial charge in [0.2, 0.25) is 0 Å². The van der Waals surface area contributed by atoms with Crippen molar-refractivity contribution >= 4 is 0 Å². The van der Waals surface area contributed by atoms with Gasteiger partial charge in [0.15, 0.2) is 11.6 Å². The summed E-state index contributed by atoms with van der Waals surface area (Å²) < 4.78 is 18.9. The Labute approximate surface area is 126 Å². The maximum atomic E-state index is 13.9. The Balaban J connectivity index is 2.17. The van der Waals surface area contributed by atoms with Crippen LogP contribution < -0.4 is 10.1 Å². The SMILES string of the molecule is COc1ccc(C(C)(CO)NC2CCCCCC2)cc1F. The number of aliphatic hydroxyl groups excluding tert-OH is 1. The number of halogens is 1. The summed E-state index contributed by atoms with van der Waals surface area (Å²) >= 11 is 0. The molecular weight excluding hydrogens is 269 g/mol. The molecule has 21 heavy (non-hydrogen) atoms. The third kappa shape index (κ3) is 3.95. The van der Waals surface area contributed by atoms with E-state index in [1.54, 1.807) is 6.07 Å². The molecule has 0 heterocycles. The highest BCUT2D eigenvalue weighted by Gasteiger charge is 2.29. The Kier molecular flexibility index (Phi) is 5.59. The summed E-state index contributed by atoms with van der Waals surface area (Å²) in [4.78, 5) is 0. The fourth-order valence-corrected chi connectivity index (χ4v) is 3.10. The lowest BCUT2D eigenvalue weighted by atomic mass is 9.90. The number of rotatable bonds is 5. The van der Waals surface area contributed by atoms with Crippen LogP contribution in [-0.2, 0) is 5.54 Å². The average Bonchev–Trinajstić information content (AvgIpc) is 2.75. The lowest BCUT2D eigenvalue weighted by molar-refractivity contribution is 0.156. The van der Waals surface area contributed by atoms with Crippen LogP contribution in [-0.4, -0.2) is 24.9 Å². The molecule has 1 unspecified atom stereocenters. The number of methoxy groups -OCH3 is 1. The third-order valence-electron chi connectivity index (χ3n) is 4.48. The molecule has 0 bridgehead atoms. The summed E-state index contributed by atoms with van der Waals surface area (Å²) in [5.74, 6) is -0.161. The van der Waals surface area contributed by atoms with E-state index in [-0.39, 0.29) is 12.4 Å². The van der Waals surface area contributed by atoms with Gasteiger partial charge in [-0.3, -0.25) is 0 Å². The van der Waals surface area contributed by atoms with E-state index in [4.69, 9.17) is 4.74 Å². The number of hydrogen-bond acceptors (Lipinski definition) is 3. The van der Waals surface area contributed by atoms with Gasteiger partial charge >= 0.3 is 0 Å². The molecule has 0 spiro atoms. The summed E-state index contributed by atoms with van der Waals surface area (Å²) in [6.07, 6.45) is 7.24. The van der Waals surface area contributed by atoms with Crippen molar-refractivity contribution in [1.82, 2.24) is 5.32 Å². The summed E-state index contributed by atoms with van der Waals surface area (Å²) in [6, 6.07) is 5.28. The lowest BCUT2D eigenvalue weighted by Gasteiger charge is -2.34. The molecule has 4 heteroatoms. The molecule has 1 aromatic rings. The van der Waals surface area contributed by atoms with Crippen molar-refractivity contribution in [2.24, 2.45) is 0 Å². The second-order valence-corrected chi connectivity index (χ2v) is 6.17. The molecule has 1 saturated carbocycles. The third-order valence-corrected chi connectivity index (χ3v) is 4.48. The minimum Gasteiger partial charge on any atom is -0.494 e. The first-order chi connectivity index (χ1) is 10.1. The van der Waals surface area contributed by atoms with E-state index in [0.29, 0.717) is 6.04 Å². The first kappa shape index (κ1) is 16.2. The Morgan fingerprint density at radius 1 is 1.29 bits per heavy atom. The minimum absolute atomic E-state index is 0.0602. The Morgan fingerprint density at radius 3 is 2.48 bits per heavy atom. The Bertz CT molecular complexity index is 458. The predicted octanol–water partition coefficient (Wildman–Crippen LogP) is 3.35. The first-order valence-corrected chi connectivity index (χ1v) is 7.81. The first-order valence-electron chi connectivity index (χ1n) is 7.81. The van der Waals surface area contributed by atoms with Crippen LogP contribution in [0, 0.1) is 5.82 Å². The van der Waals surface area contributed by atoms with Gasteiger partial charge < -0.3 is 15.2 Å². The molecule has 0 amide bonds. The molecule has 2 N–H and O–H groups in total. The van der Waals surface area contributed by atoms with Crippen LogP contribution in [0.2, 0.25) is 0 Å². The zero-order chi connectivity index (χ0) is 15.3. The van der Waals surface area contributed by atoms with E-state index < -0.39 is 11.4 Å². The van der Waals surface area contributed by atoms with Gasteiger partial charge in [0, 0.05) is 6.04 Å². The zero-order valence-corrected chi connectivity index (χ0v) is 13.0. The number of ether oxygens (including phenoxy) is 1. The van der Waals surface area contributed by atoms with Crippen molar-refractivity contribution in [3.63, 3.8) is 0 Å². The number of aliphatic hydroxyl groups is 1. The van der Waals surface area contributed by atoms with E-state index in [1.807, 2.05) is 13.0 Å². The molecule has 1 atom stereocenters. The van der Waals surface area contributed by atoms with E-state index >= 15 is 0 Å². The van der Waals surface area contributed by atoms with E-state index in [0.717, 1.165) is 18.4 Å². The van der Waals surface area contributed by atoms with Crippen LogP contribution in [0.5, 0.6) is 5.75 Å². The number of hydrogen-bond donors (Lipinski definition) is 2. The highest BCUT2D eigenvalue weighted by molar-refractivity contribution is 5.33. The molecule has 1 aromatic carbocycles. The van der Waals surface area contributed by atoms with Gasteiger partial charge in [-0.15, -0.1) is 0 Å². The highest BCUT2D eigenvalue weighted by atomic mass is 19.1. The molecule has 118 valence electrons. The lowest BCUT2D eigenvalue weighted by Crippen LogP contribution is -2.48. The van der Waals surface area contributed by atoms with E-state index in [9.17, 15) is 9.50 Å². The van der Waals surface area contributed by atoms with Crippen molar-refractivity contribution < 1.29 is 14.2 Å². The van der Waals surface area contributed by atoms with Gasteiger partial charge in [-0.05, 0) is 37.5 Å². The van der Waals surface area contributed by atoms with Gasteiger partial charge in [0.25, 0.3) is 0 Å². The topological polar surface area (TPSA) is 41.5 Å². The summed E-state index contributed by atoms with van der Waals surface area (Å²) in [7, 11) is 1.45. The van der Waals surface area contributed by atoms with E-state index in [1.165, 1.54) is 38.9 Å². The summed E-state index contributed by atoms with van der Waals surface area (Å²) in [5, 5.41) is 13.4. The van der Waals surface area contributed by atoms with Crippen molar-refractivity contribution in [2.75, 3.05) is 13.7 Å². The number of benzene rings is 1. The van der Waals surface area contributed by atoms with Crippen molar-refractivity contribution in [3.8, 4) is 5.75 Å². The van der Waals surface area contributed by atoms with Crippen LogP contribution in [0.15, 0.2) is 18.2 Å². The molecule has 0 aromatic heterocycles. The van der Waals surface area contributed by atoms with Crippen molar-refractivity contribution in [2.45, 2.75) is 57.0 Å². The molecule has 3 nitrogen and oxygen atoms in total. The van der Waals surface area contributed by atoms with Crippen LogP contribution in [0.3, 0.4) is 0 Å². The average molecular weight is 295 g/mol. The quantitative estimate of drug-likeness (QED) is 0.819. The smallest absolute Gasteiger partial charge is 0.165 e. The van der Waals surface area contributed by atoms with Gasteiger partial charge in [-0.25, -0.2) is 4.39 Å². The fourth-order valence-electron chi connectivity index (χ4n) is 3.10. The molecule has 0 radical (unpaired) electrons. The second-order valence-electron chi connectivity index (χ2n) is 6.17. The van der Waals surface area contributed by atoms with Crippen LogP contribution in [0.4, 0.5) is 4.39 Å². The molecular formula is C17H26FNO2. The molecule has 1 aliphatic rings. The molecule has 1 fully saturated rings. The zero-order valence-electron chi connectivity index (χ0n) is 13.0. The molecule has 2 rings (SSSR count). The molecule has 0 saturated heterocycles. The molecule has 1 aliphatic carbocycles. The standard InChI is InChI=1S/C17H26FNO2/c1-17(12-20,19-14-7-5-3-4-6-8-14)13-9-10-16(21-2)15(18)11-13/h9-11,14,19-20H,3-8,12H2,1-2H3. The Morgan fingerprint density at radius 2 is 1.95 bits per heavy atom. The van der Waals surface area contributed by atoms with E-state index in [2.05, 4.69) is 5.32 Å². The van der Waals surface area contributed by atoms with Crippen LogP contribution in [0.25, 0.3) is 0 Å². The van der Waals surface area contributed by atoms with Gasteiger partial charge in [-0.2, -0.15) is 0 Å². The van der Waals surface area contributed by atoms with Gasteiger partial charge in [0.1, 0.15) is 0 Å². The highest BCUT2D eigenvalue weighted by Crippen LogP contribution is 2.28.